The Morgan fingerprint density at radius 2 is 0.585 bits per heavy atom. The molecule has 0 unspecified atom stereocenters. The van der Waals surface area contributed by atoms with E-state index in [-0.39, 0.29) is 93.9 Å². The number of carboxylic acids is 4. The molecule has 4 aromatic rings. The van der Waals surface area contributed by atoms with E-state index >= 15 is 0 Å². The summed E-state index contributed by atoms with van der Waals surface area (Å²) in [7, 11) is 0. The Labute approximate surface area is 267 Å². The SMILES string of the molecule is O=C(O)c1cc(=O)cc[nH]1.O=C(O)c1cc(=O)cc[nH]1.O=C(O)c1cc(=O)cc[nH]1.O=C(O)c1cc(=O)cc[nH]1.[Eu]. The molecule has 16 nitrogen and oxygen atoms in total. The first kappa shape index (κ1) is 36.3. The quantitative estimate of drug-likeness (QED) is 0.142. The minimum Gasteiger partial charge on any atom is -0.477 e. The van der Waals surface area contributed by atoms with Gasteiger partial charge in [0.1, 0.15) is 22.8 Å². The van der Waals surface area contributed by atoms with Crippen molar-refractivity contribution in [1.29, 1.82) is 0 Å². The van der Waals surface area contributed by atoms with Gasteiger partial charge < -0.3 is 40.4 Å². The number of nitrogens with one attached hydrogen (secondary N) is 4. The predicted octanol–water partition coefficient (Wildman–Crippen LogP) is 0.292. The van der Waals surface area contributed by atoms with Gasteiger partial charge in [0.2, 0.25) is 0 Å². The molecule has 4 aromatic heterocycles. The van der Waals surface area contributed by atoms with Gasteiger partial charge in [-0.05, 0) is 0 Å². The van der Waals surface area contributed by atoms with E-state index in [4.69, 9.17) is 20.4 Å². The molecule has 4 heterocycles. The number of aromatic nitrogens is 4. The Bertz CT molecular complexity index is 1470. The number of hydrogen-bond acceptors (Lipinski definition) is 8. The van der Waals surface area contributed by atoms with Crippen molar-refractivity contribution >= 4 is 23.9 Å². The van der Waals surface area contributed by atoms with Crippen LogP contribution < -0.4 is 21.7 Å². The van der Waals surface area contributed by atoms with Crippen molar-refractivity contribution in [2.45, 2.75) is 0 Å². The van der Waals surface area contributed by atoms with E-state index < -0.39 is 23.9 Å². The Hall–Kier alpha value is -4.74. The molecule has 0 fully saturated rings. The number of carboxylic acid groups (broad SMARTS) is 4. The van der Waals surface area contributed by atoms with Crippen LogP contribution in [0.2, 0.25) is 0 Å². The summed E-state index contributed by atoms with van der Waals surface area (Å²) in [6.45, 7) is 0. The van der Waals surface area contributed by atoms with Gasteiger partial charge in [-0.2, -0.15) is 0 Å². The Morgan fingerprint density at radius 1 is 0.415 bits per heavy atom. The van der Waals surface area contributed by atoms with Crippen LogP contribution in [0.15, 0.2) is 92.5 Å². The maximum Gasteiger partial charge on any atom is 0.352 e. The largest absolute Gasteiger partial charge is 0.477 e. The van der Waals surface area contributed by atoms with Gasteiger partial charge in [-0.3, -0.25) is 19.2 Å². The van der Waals surface area contributed by atoms with E-state index in [0.29, 0.717) is 0 Å². The average molecular weight is 708 g/mol. The molecule has 0 aliphatic carbocycles. The van der Waals surface area contributed by atoms with Crippen LogP contribution in [0.25, 0.3) is 0 Å². The van der Waals surface area contributed by atoms with Gasteiger partial charge in [-0.1, -0.05) is 0 Å². The third-order valence-electron chi connectivity index (χ3n) is 4.01. The second kappa shape index (κ2) is 18.5. The molecule has 0 aromatic carbocycles. The molecule has 1 radical (unpaired) electrons. The number of rotatable bonds is 4. The molecule has 0 saturated heterocycles. The second-order valence-electron chi connectivity index (χ2n) is 6.97. The smallest absolute Gasteiger partial charge is 0.352 e. The molecule has 17 heteroatoms. The van der Waals surface area contributed by atoms with Gasteiger partial charge in [0.05, 0.1) is 0 Å². The summed E-state index contributed by atoms with van der Waals surface area (Å²) in [6, 6.07) is 9.15. The van der Waals surface area contributed by atoms with E-state index in [1.54, 1.807) is 0 Å². The van der Waals surface area contributed by atoms with Crippen LogP contribution in [0.1, 0.15) is 42.0 Å². The number of hydrogen-bond donors (Lipinski definition) is 8. The molecule has 4 rings (SSSR count). The van der Waals surface area contributed by atoms with E-state index in [9.17, 15) is 38.4 Å². The van der Waals surface area contributed by atoms with Gasteiger partial charge in [-0.15, -0.1) is 0 Å². The number of aromatic amines is 4. The van der Waals surface area contributed by atoms with Crippen molar-refractivity contribution in [3.63, 3.8) is 0 Å². The normalized spacial score (nSPS) is 8.98. The first-order valence-electron chi connectivity index (χ1n) is 10.5. The van der Waals surface area contributed by atoms with Gasteiger partial charge in [-0.25, -0.2) is 19.2 Å². The summed E-state index contributed by atoms with van der Waals surface area (Å²) in [5, 5.41) is 33.4. The number of pyridine rings is 4. The van der Waals surface area contributed by atoms with Crippen molar-refractivity contribution in [2.75, 3.05) is 0 Å². The minimum atomic E-state index is -1.13. The molecule has 0 saturated carbocycles. The fraction of sp³-hybridized carbons (Fsp3) is 0. The number of aromatic carboxylic acids is 4. The van der Waals surface area contributed by atoms with Gasteiger partial charge in [0.25, 0.3) is 0 Å². The molecule has 41 heavy (non-hydrogen) atoms. The molecule has 0 spiro atoms. The standard InChI is InChI=1S/4C6H5NO3.Eu/c4*8-4-1-2-7-5(3-4)6(9)10;/h4*1-3H,(H,7,8)(H,9,10);. The first-order chi connectivity index (χ1) is 18.8. The van der Waals surface area contributed by atoms with E-state index in [1.165, 1.54) is 49.1 Å². The fourth-order valence-corrected chi connectivity index (χ4v) is 2.28. The summed E-state index contributed by atoms with van der Waals surface area (Å²) in [5.74, 6) is -4.51. The van der Waals surface area contributed by atoms with Crippen molar-refractivity contribution < 1.29 is 89.0 Å². The van der Waals surface area contributed by atoms with Crippen LogP contribution in [-0.2, 0) is 0 Å². The van der Waals surface area contributed by atoms with Crippen LogP contribution in [0.3, 0.4) is 0 Å². The summed E-state index contributed by atoms with van der Waals surface area (Å²) in [5.41, 5.74) is -1.60. The van der Waals surface area contributed by atoms with Gasteiger partial charge in [0.15, 0.2) is 21.7 Å². The average Bonchev–Trinajstić information content (AvgIpc) is 2.90. The predicted molar refractivity (Wildman–Crippen MR) is 136 cm³/mol. The van der Waals surface area contributed by atoms with Crippen molar-refractivity contribution in [3.8, 4) is 0 Å². The molecular weight excluding hydrogens is 688 g/mol. The summed E-state index contributed by atoms with van der Waals surface area (Å²) >= 11 is 0. The molecule has 0 aliphatic rings. The zero-order valence-electron chi connectivity index (χ0n) is 20.4. The monoisotopic (exact) mass is 709 g/mol. The van der Waals surface area contributed by atoms with Crippen molar-refractivity contribution in [1.82, 2.24) is 19.9 Å². The van der Waals surface area contributed by atoms with Crippen molar-refractivity contribution in [2.24, 2.45) is 0 Å². The van der Waals surface area contributed by atoms with Crippen LogP contribution in [0.5, 0.6) is 0 Å². The van der Waals surface area contributed by atoms with Crippen LogP contribution in [-0.4, -0.2) is 64.2 Å². The van der Waals surface area contributed by atoms with E-state index in [2.05, 4.69) is 19.9 Å². The Morgan fingerprint density at radius 3 is 0.683 bits per heavy atom. The molecule has 0 atom stereocenters. The van der Waals surface area contributed by atoms with Gasteiger partial charge >= 0.3 is 23.9 Å². The minimum absolute atomic E-state index is 0. The molecule has 0 aliphatic heterocycles. The number of carbonyl (C=O) groups is 4. The summed E-state index contributed by atoms with van der Waals surface area (Å²) < 4.78 is 0. The molecular formula is C24H20EuN4O12. The second-order valence-corrected chi connectivity index (χ2v) is 6.97. The fourth-order valence-electron chi connectivity index (χ4n) is 2.28. The molecule has 0 bridgehead atoms. The first-order valence-corrected chi connectivity index (χ1v) is 10.5. The summed E-state index contributed by atoms with van der Waals surface area (Å²) in [4.78, 5) is 92.4. The molecule has 0 amide bonds. The van der Waals surface area contributed by atoms with Gasteiger partial charge in [0, 0.05) is 123 Å². The summed E-state index contributed by atoms with van der Waals surface area (Å²) in [6.07, 6.45) is 5.19. The molecule has 8 N–H and O–H groups in total. The van der Waals surface area contributed by atoms with E-state index in [0.717, 1.165) is 24.3 Å². The van der Waals surface area contributed by atoms with Crippen molar-refractivity contribution in [3.05, 3.63) is 137 Å². The van der Waals surface area contributed by atoms with Crippen LogP contribution in [0.4, 0.5) is 0 Å². The van der Waals surface area contributed by atoms with Crippen LogP contribution in [0, 0.1) is 49.4 Å². The zero-order valence-corrected chi connectivity index (χ0v) is 22.8. The van der Waals surface area contributed by atoms with E-state index in [1.807, 2.05) is 0 Å². The third kappa shape index (κ3) is 14.8. The Kier molecular flexibility index (Phi) is 16.4. The topological polar surface area (TPSA) is 281 Å². The van der Waals surface area contributed by atoms with Crippen LogP contribution >= 0.6 is 0 Å². The maximum atomic E-state index is 10.5. The maximum absolute atomic E-state index is 10.5. The third-order valence-corrected chi connectivity index (χ3v) is 4.01. The Balaban J connectivity index is 0.000000516. The molecule has 215 valence electrons. The number of H-pyrrole nitrogens is 4. The zero-order chi connectivity index (χ0) is 30.2.